The summed E-state index contributed by atoms with van der Waals surface area (Å²) in [5.74, 6) is 0.216. The van der Waals surface area contributed by atoms with Crippen LogP contribution >= 0.6 is 0 Å². The van der Waals surface area contributed by atoms with Crippen LogP contribution in [0.2, 0.25) is 0 Å². The Morgan fingerprint density at radius 1 is 1.41 bits per heavy atom. The third-order valence-corrected chi connectivity index (χ3v) is 1.96. The van der Waals surface area contributed by atoms with Crippen LogP contribution in [0.1, 0.15) is 24.2 Å². The molecule has 0 heterocycles. The first kappa shape index (κ1) is 13.0. The molecule has 0 bridgehead atoms. The lowest BCUT2D eigenvalue weighted by Gasteiger charge is -2.13. The number of ether oxygens (including phenoxy) is 2. The number of benzene rings is 1. The molecule has 6 heteroatoms. The number of carbonyl (C=O) groups excluding carboxylic acids is 1. The molecule has 0 aromatic heterocycles. The van der Waals surface area contributed by atoms with Gasteiger partial charge in [0, 0.05) is 11.6 Å². The van der Waals surface area contributed by atoms with E-state index in [4.69, 9.17) is 9.47 Å². The van der Waals surface area contributed by atoms with E-state index in [1.54, 1.807) is 13.8 Å². The average molecular weight is 239 g/mol. The summed E-state index contributed by atoms with van der Waals surface area (Å²) < 4.78 is 10.3. The Bertz CT molecular complexity index is 442. The monoisotopic (exact) mass is 239 g/mol. The van der Waals surface area contributed by atoms with Crippen LogP contribution in [-0.4, -0.2) is 24.4 Å². The maximum absolute atomic E-state index is 10.9. The molecule has 1 aromatic rings. The first-order valence-corrected chi connectivity index (χ1v) is 4.97. The van der Waals surface area contributed by atoms with Gasteiger partial charge in [-0.3, -0.25) is 14.9 Å². The summed E-state index contributed by atoms with van der Waals surface area (Å²) in [6, 6.07) is 2.56. The van der Waals surface area contributed by atoms with E-state index in [2.05, 4.69) is 0 Å². The Hall–Kier alpha value is -2.11. The van der Waals surface area contributed by atoms with Gasteiger partial charge in [-0.15, -0.1) is 0 Å². The minimum atomic E-state index is -0.604. The molecule has 0 unspecified atom stereocenters. The Morgan fingerprint density at radius 3 is 2.47 bits per heavy atom. The summed E-state index contributed by atoms with van der Waals surface area (Å²) >= 11 is 0. The first-order chi connectivity index (χ1) is 7.99. The van der Waals surface area contributed by atoms with Crippen molar-refractivity contribution in [2.24, 2.45) is 0 Å². The number of nitro benzene ring substituents is 1. The second-order valence-corrected chi connectivity index (χ2v) is 3.61. The zero-order chi connectivity index (χ0) is 13.0. The Morgan fingerprint density at radius 2 is 2.06 bits per heavy atom. The lowest BCUT2D eigenvalue weighted by molar-refractivity contribution is -0.386. The number of nitro groups is 1. The molecule has 0 aliphatic heterocycles. The van der Waals surface area contributed by atoms with Crippen molar-refractivity contribution in [2.75, 3.05) is 7.11 Å². The molecular formula is C11H13NO5. The molecule has 1 rings (SSSR count). The van der Waals surface area contributed by atoms with Gasteiger partial charge in [0.1, 0.15) is 6.29 Å². The summed E-state index contributed by atoms with van der Waals surface area (Å²) in [6.45, 7) is 3.49. The zero-order valence-corrected chi connectivity index (χ0v) is 9.80. The van der Waals surface area contributed by atoms with E-state index in [1.807, 2.05) is 0 Å². The van der Waals surface area contributed by atoms with Crippen molar-refractivity contribution in [3.05, 3.63) is 27.8 Å². The summed E-state index contributed by atoms with van der Waals surface area (Å²) in [5, 5.41) is 10.9. The lowest BCUT2D eigenvalue weighted by atomic mass is 10.2. The fourth-order valence-corrected chi connectivity index (χ4v) is 1.32. The SMILES string of the molecule is COc1cc(C=O)cc([N+](=O)[O-])c1OC(C)C. The number of aldehydes is 1. The van der Waals surface area contributed by atoms with Crippen LogP contribution in [0, 0.1) is 10.1 Å². The van der Waals surface area contributed by atoms with Gasteiger partial charge in [0.05, 0.1) is 18.1 Å². The molecule has 0 atom stereocenters. The fourth-order valence-electron chi connectivity index (χ4n) is 1.32. The van der Waals surface area contributed by atoms with Gasteiger partial charge >= 0.3 is 5.69 Å². The minimum absolute atomic E-state index is 0.0399. The molecule has 1 aromatic carbocycles. The Balaban J connectivity index is 3.40. The summed E-state index contributed by atoms with van der Waals surface area (Å²) in [6.07, 6.45) is 0.291. The molecule has 0 spiro atoms. The van der Waals surface area contributed by atoms with E-state index in [9.17, 15) is 14.9 Å². The van der Waals surface area contributed by atoms with Crippen LogP contribution in [0.5, 0.6) is 11.5 Å². The lowest BCUT2D eigenvalue weighted by Crippen LogP contribution is -2.09. The van der Waals surface area contributed by atoms with Crippen molar-refractivity contribution >= 4 is 12.0 Å². The number of rotatable bonds is 5. The van der Waals surface area contributed by atoms with Gasteiger partial charge in [-0.2, -0.15) is 0 Å². The summed E-state index contributed by atoms with van der Waals surface area (Å²) in [7, 11) is 1.36. The standard InChI is InChI=1S/C11H13NO5/c1-7(2)17-11-9(12(14)15)4-8(6-13)5-10(11)16-3/h4-7H,1-3H3. The number of carbonyl (C=O) groups is 1. The number of hydrogen-bond donors (Lipinski definition) is 0. The minimum Gasteiger partial charge on any atom is -0.493 e. The molecule has 0 aliphatic rings. The van der Waals surface area contributed by atoms with Crippen LogP contribution in [0.15, 0.2) is 12.1 Å². The van der Waals surface area contributed by atoms with Crippen LogP contribution in [0.4, 0.5) is 5.69 Å². The van der Waals surface area contributed by atoms with Crippen LogP contribution in [-0.2, 0) is 0 Å². The fraction of sp³-hybridized carbons (Fsp3) is 0.364. The van der Waals surface area contributed by atoms with Crippen molar-refractivity contribution in [2.45, 2.75) is 20.0 Å². The van der Waals surface area contributed by atoms with Crippen molar-refractivity contribution in [3.63, 3.8) is 0 Å². The number of nitrogens with zero attached hydrogens (tertiary/aromatic N) is 1. The van der Waals surface area contributed by atoms with Crippen molar-refractivity contribution in [1.82, 2.24) is 0 Å². The zero-order valence-electron chi connectivity index (χ0n) is 9.80. The second kappa shape index (κ2) is 5.29. The molecule has 0 saturated carbocycles. The smallest absolute Gasteiger partial charge is 0.315 e. The molecule has 17 heavy (non-hydrogen) atoms. The highest BCUT2D eigenvalue weighted by Gasteiger charge is 2.23. The van der Waals surface area contributed by atoms with E-state index in [1.165, 1.54) is 13.2 Å². The van der Waals surface area contributed by atoms with Crippen LogP contribution < -0.4 is 9.47 Å². The third kappa shape index (κ3) is 2.93. The topological polar surface area (TPSA) is 78.7 Å². The normalized spacial score (nSPS) is 10.1. The predicted octanol–water partition coefficient (Wildman–Crippen LogP) is 2.20. The van der Waals surface area contributed by atoms with Crippen LogP contribution in [0.25, 0.3) is 0 Å². The average Bonchev–Trinajstić information content (AvgIpc) is 2.28. The van der Waals surface area contributed by atoms with Gasteiger partial charge in [0.2, 0.25) is 5.75 Å². The van der Waals surface area contributed by atoms with E-state index in [0.717, 1.165) is 6.07 Å². The van der Waals surface area contributed by atoms with Crippen molar-refractivity contribution in [1.29, 1.82) is 0 Å². The molecule has 0 aliphatic carbocycles. The number of methoxy groups -OCH3 is 1. The maximum atomic E-state index is 10.9. The Kier molecular flexibility index (Phi) is 4.03. The van der Waals surface area contributed by atoms with E-state index >= 15 is 0 Å². The maximum Gasteiger partial charge on any atom is 0.315 e. The highest BCUT2D eigenvalue weighted by molar-refractivity contribution is 5.79. The van der Waals surface area contributed by atoms with Gasteiger partial charge in [0.15, 0.2) is 5.75 Å². The second-order valence-electron chi connectivity index (χ2n) is 3.61. The summed E-state index contributed by atoms with van der Waals surface area (Å²) in [4.78, 5) is 21.0. The molecular weight excluding hydrogens is 226 g/mol. The van der Waals surface area contributed by atoms with Crippen molar-refractivity contribution < 1.29 is 19.2 Å². The molecule has 92 valence electrons. The molecule has 0 fully saturated rings. The summed E-state index contributed by atoms with van der Waals surface area (Å²) in [5.41, 5.74) is -0.107. The predicted molar refractivity (Wildman–Crippen MR) is 60.8 cm³/mol. The van der Waals surface area contributed by atoms with E-state index in [-0.39, 0.29) is 28.9 Å². The molecule has 0 radical (unpaired) electrons. The van der Waals surface area contributed by atoms with Gasteiger partial charge in [0.25, 0.3) is 0 Å². The van der Waals surface area contributed by atoms with Gasteiger partial charge in [-0.05, 0) is 19.9 Å². The first-order valence-electron chi connectivity index (χ1n) is 4.97. The molecule has 0 N–H and O–H groups in total. The Labute approximate surface area is 98.3 Å². The highest BCUT2D eigenvalue weighted by Crippen LogP contribution is 2.38. The third-order valence-electron chi connectivity index (χ3n) is 1.96. The molecule has 6 nitrogen and oxygen atoms in total. The van der Waals surface area contributed by atoms with Gasteiger partial charge in [-0.1, -0.05) is 0 Å². The quantitative estimate of drug-likeness (QED) is 0.447. The molecule has 0 amide bonds. The molecule has 0 saturated heterocycles. The van der Waals surface area contributed by atoms with Crippen LogP contribution in [0.3, 0.4) is 0 Å². The number of hydrogen-bond acceptors (Lipinski definition) is 5. The van der Waals surface area contributed by atoms with E-state index < -0.39 is 4.92 Å². The largest absolute Gasteiger partial charge is 0.493 e. The van der Waals surface area contributed by atoms with Gasteiger partial charge < -0.3 is 9.47 Å². The highest BCUT2D eigenvalue weighted by atomic mass is 16.6. The van der Waals surface area contributed by atoms with E-state index in [0.29, 0.717) is 6.29 Å². The van der Waals surface area contributed by atoms with Crippen molar-refractivity contribution in [3.8, 4) is 11.5 Å². The van der Waals surface area contributed by atoms with Gasteiger partial charge in [-0.25, -0.2) is 0 Å².